The van der Waals surface area contributed by atoms with Gasteiger partial charge in [-0.1, -0.05) is 42.5 Å². The number of carbonyl (C=O) groups is 2. The Morgan fingerprint density at radius 1 is 1.00 bits per heavy atom. The SMILES string of the molecule is CC(C)(Cc1cccc(C(=O)NCc2ccccc2)c1)C(=O)O. The second kappa shape index (κ2) is 7.09. The van der Waals surface area contributed by atoms with Gasteiger partial charge in [-0.3, -0.25) is 9.59 Å². The number of nitrogens with one attached hydrogen (secondary N) is 1. The maximum Gasteiger partial charge on any atom is 0.309 e. The standard InChI is InChI=1S/C19H21NO3/c1-19(2,18(22)23)12-15-9-6-10-16(11-15)17(21)20-13-14-7-4-3-5-8-14/h3-11H,12-13H2,1-2H3,(H,20,21)(H,22,23). The van der Waals surface area contributed by atoms with Gasteiger partial charge in [0.2, 0.25) is 0 Å². The van der Waals surface area contributed by atoms with E-state index in [0.29, 0.717) is 18.5 Å². The van der Waals surface area contributed by atoms with Crippen LogP contribution in [0.5, 0.6) is 0 Å². The number of rotatable bonds is 6. The van der Waals surface area contributed by atoms with Crippen LogP contribution in [0, 0.1) is 5.41 Å². The Kier molecular flexibility index (Phi) is 5.16. The van der Waals surface area contributed by atoms with E-state index in [-0.39, 0.29) is 5.91 Å². The third kappa shape index (κ3) is 4.68. The zero-order valence-electron chi connectivity index (χ0n) is 13.4. The Morgan fingerprint density at radius 3 is 2.30 bits per heavy atom. The normalized spacial score (nSPS) is 11.0. The molecular weight excluding hydrogens is 290 g/mol. The number of carboxylic acids is 1. The Morgan fingerprint density at radius 2 is 1.65 bits per heavy atom. The number of hydrogen-bond acceptors (Lipinski definition) is 2. The molecule has 4 heteroatoms. The third-order valence-corrected chi connectivity index (χ3v) is 3.71. The topological polar surface area (TPSA) is 66.4 Å². The molecule has 0 aromatic heterocycles. The van der Waals surface area contributed by atoms with Gasteiger partial charge in [-0.05, 0) is 43.5 Å². The molecule has 0 aliphatic rings. The molecule has 2 aromatic rings. The van der Waals surface area contributed by atoms with Crippen LogP contribution in [0.25, 0.3) is 0 Å². The van der Waals surface area contributed by atoms with Gasteiger partial charge in [-0.2, -0.15) is 0 Å². The van der Waals surface area contributed by atoms with Crippen LogP contribution >= 0.6 is 0 Å². The minimum atomic E-state index is -0.862. The van der Waals surface area contributed by atoms with Crippen LogP contribution in [0.4, 0.5) is 0 Å². The van der Waals surface area contributed by atoms with Crippen LogP contribution in [0.1, 0.15) is 35.3 Å². The van der Waals surface area contributed by atoms with Crippen molar-refractivity contribution in [3.05, 3.63) is 71.3 Å². The largest absolute Gasteiger partial charge is 0.481 e. The average molecular weight is 311 g/mol. The molecule has 2 rings (SSSR count). The zero-order valence-corrected chi connectivity index (χ0v) is 13.4. The van der Waals surface area contributed by atoms with Crippen molar-refractivity contribution in [1.29, 1.82) is 0 Å². The van der Waals surface area contributed by atoms with Gasteiger partial charge in [0.05, 0.1) is 5.41 Å². The van der Waals surface area contributed by atoms with E-state index in [9.17, 15) is 14.7 Å². The summed E-state index contributed by atoms with van der Waals surface area (Å²) in [6.07, 6.45) is 0.377. The van der Waals surface area contributed by atoms with Crippen molar-refractivity contribution in [2.24, 2.45) is 5.41 Å². The molecule has 0 saturated carbocycles. The predicted octanol–water partition coefficient (Wildman–Crippen LogP) is 3.27. The molecule has 0 heterocycles. The van der Waals surface area contributed by atoms with E-state index < -0.39 is 11.4 Å². The van der Waals surface area contributed by atoms with Crippen LogP contribution in [-0.4, -0.2) is 17.0 Å². The summed E-state index contributed by atoms with van der Waals surface area (Å²) in [5.74, 6) is -1.01. The zero-order chi connectivity index (χ0) is 16.9. The van der Waals surface area contributed by atoms with Gasteiger partial charge in [0, 0.05) is 12.1 Å². The first kappa shape index (κ1) is 16.7. The Hall–Kier alpha value is -2.62. The Balaban J connectivity index is 2.04. The van der Waals surface area contributed by atoms with Crippen molar-refractivity contribution in [3.8, 4) is 0 Å². The predicted molar refractivity (Wildman–Crippen MR) is 89.2 cm³/mol. The highest BCUT2D eigenvalue weighted by Gasteiger charge is 2.27. The monoisotopic (exact) mass is 311 g/mol. The summed E-state index contributed by atoms with van der Waals surface area (Å²) in [5, 5.41) is 12.1. The van der Waals surface area contributed by atoms with Crippen molar-refractivity contribution in [2.75, 3.05) is 0 Å². The molecule has 1 amide bonds. The summed E-state index contributed by atoms with van der Waals surface area (Å²) in [6.45, 7) is 3.82. The molecule has 0 aliphatic heterocycles. The lowest BCUT2D eigenvalue weighted by atomic mass is 9.85. The first-order valence-corrected chi connectivity index (χ1v) is 7.53. The second-order valence-corrected chi connectivity index (χ2v) is 6.23. The molecule has 23 heavy (non-hydrogen) atoms. The minimum absolute atomic E-state index is 0.163. The maximum absolute atomic E-state index is 12.2. The van der Waals surface area contributed by atoms with Gasteiger partial charge < -0.3 is 10.4 Å². The van der Waals surface area contributed by atoms with E-state index in [1.807, 2.05) is 36.4 Å². The summed E-state index contributed by atoms with van der Waals surface area (Å²) in [4.78, 5) is 23.5. The second-order valence-electron chi connectivity index (χ2n) is 6.23. The fourth-order valence-corrected chi connectivity index (χ4v) is 2.29. The highest BCUT2D eigenvalue weighted by atomic mass is 16.4. The summed E-state index contributed by atoms with van der Waals surface area (Å²) in [5.41, 5.74) is 1.55. The van der Waals surface area contributed by atoms with Crippen molar-refractivity contribution >= 4 is 11.9 Å². The molecular formula is C19H21NO3. The molecule has 120 valence electrons. The summed E-state index contributed by atoms with van der Waals surface area (Å²) >= 11 is 0. The first-order chi connectivity index (χ1) is 10.9. The molecule has 0 saturated heterocycles. The quantitative estimate of drug-likeness (QED) is 0.860. The van der Waals surface area contributed by atoms with Crippen molar-refractivity contribution < 1.29 is 14.7 Å². The van der Waals surface area contributed by atoms with Crippen LogP contribution in [0.15, 0.2) is 54.6 Å². The van der Waals surface area contributed by atoms with Crippen LogP contribution in [-0.2, 0) is 17.8 Å². The van der Waals surface area contributed by atoms with Crippen molar-refractivity contribution in [2.45, 2.75) is 26.8 Å². The van der Waals surface area contributed by atoms with E-state index in [2.05, 4.69) is 5.32 Å². The maximum atomic E-state index is 12.2. The highest BCUT2D eigenvalue weighted by Crippen LogP contribution is 2.22. The van der Waals surface area contributed by atoms with Crippen LogP contribution in [0.2, 0.25) is 0 Å². The van der Waals surface area contributed by atoms with E-state index in [1.54, 1.807) is 32.0 Å². The van der Waals surface area contributed by atoms with E-state index in [0.717, 1.165) is 11.1 Å². The smallest absolute Gasteiger partial charge is 0.309 e. The Labute approximate surface area is 136 Å². The first-order valence-electron chi connectivity index (χ1n) is 7.53. The van der Waals surface area contributed by atoms with E-state index in [4.69, 9.17) is 0 Å². The summed E-state index contributed by atoms with van der Waals surface area (Å²) in [6, 6.07) is 16.8. The molecule has 0 aliphatic carbocycles. The lowest BCUT2D eigenvalue weighted by molar-refractivity contribution is -0.146. The third-order valence-electron chi connectivity index (χ3n) is 3.71. The molecule has 4 nitrogen and oxygen atoms in total. The highest BCUT2D eigenvalue weighted by molar-refractivity contribution is 5.94. The molecule has 0 bridgehead atoms. The molecule has 0 unspecified atom stereocenters. The number of aliphatic carboxylic acids is 1. The molecule has 2 aromatic carbocycles. The number of benzene rings is 2. The molecule has 0 fully saturated rings. The van der Waals surface area contributed by atoms with E-state index >= 15 is 0 Å². The van der Waals surface area contributed by atoms with Crippen LogP contribution < -0.4 is 5.32 Å². The van der Waals surface area contributed by atoms with Gasteiger partial charge in [-0.25, -0.2) is 0 Å². The number of carbonyl (C=O) groups excluding carboxylic acids is 1. The lowest BCUT2D eigenvalue weighted by Crippen LogP contribution is -2.26. The van der Waals surface area contributed by atoms with Gasteiger partial charge >= 0.3 is 5.97 Å². The van der Waals surface area contributed by atoms with Gasteiger partial charge in [0.15, 0.2) is 0 Å². The summed E-state index contributed by atoms with van der Waals surface area (Å²) < 4.78 is 0. The minimum Gasteiger partial charge on any atom is -0.481 e. The Bertz CT molecular complexity index is 693. The van der Waals surface area contributed by atoms with Crippen LogP contribution in [0.3, 0.4) is 0 Å². The molecule has 0 spiro atoms. The summed E-state index contributed by atoms with van der Waals surface area (Å²) in [7, 11) is 0. The molecule has 2 N–H and O–H groups in total. The van der Waals surface area contributed by atoms with Gasteiger partial charge in [-0.15, -0.1) is 0 Å². The number of carboxylic acid groups (broad SMARTS) is 1. The average Bonchev–Trinajstić information content (AvgIpc) is 2.53. The van der Waals surface area contributed by atoms with Crippen molar-refractivity contribution in [1.82, 2.24) is 5.32 Å². The number of hydrogen-bond donors (Lipinski definition) is 2. The van der Waals surface area contributed by atoms with Gasteiger partial charge in [0.25, 0.3) is 5.91 Å². The molecule has 0 radical (unpaired) electrons. The fourth-order valence-electron chi connectivity index (χ4n) is 2.29. The van der Waals surface area contributed by atoms with Crippen molar-refractivity contribution in [3.63, 3.8) is 0 Å². The van der Waals surface area contributed by atoms with E-state index in [1.165, 1.54) is 0 Å². The lowest BCUT2D eigenvalue weighted by Gasteiger charge is -2.19. The number of amides is 1. The molecule has 0 atom stereocenters. The fraction of sp³-hybridized carbons (Fsp3) is 0.263. The van der Waals surface area contributed by atoms with Gasteiger partial charge in [0.1, 0.15) is 0 Å².